The lowest BCUT2D eigenvalue weighted by atomic mass is 10.1. The highest BCUT2D eigenvalue weighted by Crippen LogP contribution is 2.41. The maximum Gasteiger partial charge on any atom is 0.144 e. The molecule has 0 radical (unpaired) electrons. The highest BCUT2D eigenvalue weighted by atomic mass is 32.2. The van der Waals surface area contributed by atoms with E-state index in [-0.39, 0.29) is 5.57 Å². The van der Waals surface area contributed by atoms with Crippen LogP contribution in [0.4, 0.5) is 0 Å². The molecule has 0 spiro atoms. The molecule has 0 atom stereocenters. The summed E-state index contributed by atoms with van der Waals surface area (Å²) in [6, 6.07) is 24.8. The molecule has 122 valence electrons. The first kappa shape index (κ1) is 17.5. The van der Waals surface area contributed by atoms with Crippen LogP contribution in [-0.2, 0) is 0 Å². The van der Waals surface area contributed by atoms with Crippen LogP contribution in [0.2, 0.25) is 0 Å². The second kappa shape index (κ2) is 8.14. The third-order valence-electron chi connectivity index (χ3n) is 3.49. The molecule has 0 saturated heterocycles. The summed E-state index contributed by atoms with van der Waals surface area (Å²) in [5.41, 5.74) is 2.11. The van der Waals surface area contributed by atoms with Crippen molar-refractivity contribution in [3.8, 4) is 28.6 Å². The van der Waals surface area contributed by atoms with Crippen LogP contribution in [0.1, 0.15) is 11.1 Å². The fourth-order valence-corrected chi connectivity index (χ4v) is 4.25. The summed E-state index contributed by atoms with van der Waals surface area (Å²) >= 11 is 2.41. The minimum atomic E-state index is -0.000601. The molecule has 6 heteroatoms. The molecule has 3 rings (SSSR count). The first-order chi connectivity index (χ1) is 12.8. The van der Waals surface area contributed by atoms with Crippen molar-refractivity contribution < 1.29 is 0 Å². The monoisotopic (exact) mass is 370 g/mol. The van der Waals surface area contributed by atoms with Gasteiger partial charge in [-0.05, 0) is 22.7 Å². The predicted molar refractivity (Wildman–Crippen MR) is 103 cm³/mol. The van der Waals surface area contributed by atoms with Crippen LogP contribution in [-0.4, -0.2) is 4.37 Å². The van der Waals surface area contributed by atoms with Gasteiger partial charge in [-0.1, -0.05) is 72.4 Å². The van der Waals surface area contributed by atoms with Crippen LogP contribution in [0.5, 0.6) is 0 Å². The summed E-state index contributed by atoms with van der Waals surface area (Å²) in [6.07, 6.45) is 0. The van der Waals surface area contributed by atoms with E-state index in [1.807, 2.05) is 72.8 Å². The van der Waals surface area contributed by atoms with Gasteiger partial charge in [0.1, 0.15) is 34.4 Å². The van der Waals surface area contributed by atoms with Gasteiger partial charge in [0.05, 0.1) is 4.88 Å². The van der Waals surface area contributed by atoms with E-state index in [4.69, 9.17) is 0 Å². The van der Waals surface area contributed by atoms with Gasteiger partial charge >= 0.3 is 0 Å². The Morgan fingerprint density at radius 2 is 1.50 bits per heavy atom. The van der Waals surface area contributed by atoms with Crippen molar-refractivity contribution in [2.24, 2.45) is 0 Å². The number of nitrogens with zero attached hydrogens (tertiary/aromatic N) is 4. The molecule has 1 aromatic heterocycles. The Bertz CT molecular complexity index is 1060. The number of hydrogen-bond acceptors (Lipinski definition) is 6. The van der Waals surface area contributed by atoms with E-state index in [0.29, 0.717) is 15.5 Å². The molecule has 0 bridgehead atoms. The zero-order chi connectivity index (χ0) is 18.4. The Kier molecular flexibility index (Phi) is 5.46. The molecule has 0 amide bonds. The minimum absolute atomic E-state index is 0.000601. The first-order valence-electron chi connectivity index (χ1n) is 7.51. The maximum atomic E-state index is 9.64. The van der Waals surface area contributed by atoms with Gasteiger partial charge in [0.25, 0.3) is 0 Å². The quantitative estimate of drug-likeness (QED) is 0.463. The SMILES string of the molecule is N#CC(C#N)=C(Sc1nsc(-c2ccccc2)c1C#N)c1ccccc1. The first-order valence-corrected chi connectivity index (χ1v) is 9.10. The van der Waals surface area contributed by atoms with Gasteiger partial charge < -0.3 is 0 Å². The molecule has 0 aliphatic carbocycles. The van der Waals surface area contributed by atoms with Crippen LogP contribution in [0, 0.1) is 34.0 Å². The molecule has 2 aromatic carbocycles. The third-order valence-corrected chi connectivity index (χ3v) is 5.64. The zero-order valence-corrected chi connectivity index (χ0v) is 15.0. The summed E-state index contributed by atoms with van der Waals surface area (Å²) in [4.78, 5) is 1.27. The van der Waals surface area contributed by atoms with Crippen molar-refractivity contribution in [3.63, 3.8) is 0 Å². The van der Waals surface area contributed by atoms with E-state index in [9.17, 15) is 15.8 Å². The van der Waals surface area contributed by atoms with Crippen molar-refractivity contribution in [1.29, 1.82) is 15.8 Å². The van der Waals surface area contributed by atoms with Crippen molar-refractivity contribution in [3.05, 3.63) is 77.4 Å². The van der Waals surface area contributed by atoms with Crippen LogP contribution < -0.4 is 0 Å². The number of thioether (sulfide) groups is 1. The van der Waals surface area contributed by atoms with E-state index >= 15 is 0 Å². The number of aromatic nitrogens is 1. The lowest BCUT2D eigenvalue weighted by Gasteiger charge is -2.06. The Hall–Kier alpha value is -3.37. The van der Waals surface area contributed by atoms with Crippen LogP contribution in [0.15, 0.2) is 71.3 Å². The summed E-state index contributed by atoms with van der Waals surface area (Å²) in [6.45, 7) is 0. The fraction of sp³-hybridized carbons (Fsp3) is 0. The number of hydrogen-bond donors (Lipinski definition) is 0. The lowest BCUT2D eigenvalue weighted by molar-refractivity contribution is 1.26. The van der Waals surface area contributed by atoms with Gasteiger partial charge in [-0.25, -0.2) is 0 Å². The van der Waals surface area contributed by atoms with Gasteiger partial charge in [0, 0.05) is 4.91 Å². The molecule has 0 N–H and O–H groups in total. The third kappa shape index (κ3) is 3.50. The number of rotatable bonds is 4. The smallest absolute Gasteiger partial charge is 0.144 e. The fourth-order valence-electron chi connectivity index (χ4n) is 2.30. The Morgan fingerprint density at radius 1 is 0.885 bits per heavy atom. The normalized spacial score (nSPS) is 9.58. The maximum absolute atomic E-state index is 9.64. The van der Waals surface area contributed by atoms with Gasteiger partial charge in [-0.15, -0.1) is 0 Å². The van der Waals surface area contributed by atoms with Crippen molar-refractivity contribution in [1.82, 2.24) is 4.37 Å². The van der Waals surface area contributed by atoms with Gasteiger partial charge in [0.2, 0.25) is 0 Å². The highest BCUT2D eigenvalue weighted by molar-refractivity contribution is 8.08. The van der Waals surface area contributed by atoms with Crippen molar-refractivity contribution in [2.45, 2.75) is 5.03 Å². The molecule has 3 aromatic rings. The van der Waals surface area contributed by atoms with E-state index in [1.54, 1.807) is 0 Å². The van der Waals surface area contributed by atoms with Crippen molar-refractivity contribution >= 4 is 28.2 Å². The van der Waals surface area contributed by atoms with Gasteiger partial charge in [-0.3, -0.25) is 0 Å². The Balaban J connectivity index is 2.09. The molecule has 0 fully saturated rings. The average molecular weight is 370 g/mol. The van der Waals surface area contributed by atoms with Crippen LogP contribution in [0.25, 0.3) is 15.3 Å². The second-order valence-corrected chi connectivity index (χ2v) is 6.84. The minimum Gasteiger partial charge on any atom is -0.192 e. The largest absolute Gasteiger partial charge is 0.192 e. The lowest BCUT2D eigenvalue weighted by Crippen LogP contribution is -1.88. The molecule has 1 heterocycles. The van der Waals surface area contributed by atoms with Crippen molar-refractivity contribution in [2.75, 3.05) is 0 Å². The van der Waals surface area contributed by atoms with E-state index < -0.39 is 0 Å². The molecule has 0 unspecified atom stereocenters. The number of nitriles is 3. The average Bonchev–Trinajstić information content (AvgIpc) is 3.12. The summed E-state index contributed by atoms with van der Waals surface area (Å²) < 4.78 is 4.41. The molecular formula is C20H10N4S2. The summed E-state index contributed by atoms with van der Waals surface area (Å²) in [5, 5.41) is 28.8. The molecule has 0 aliphatic heterocycles. The molecule has 26 heavy (non-hydrogen) atoms. The van der Waals surface area contributed by atoms with Crippen LogP contribution >= 0.6 is 23.3 Å². The van der Waals surface area contributed by atoms with E-state index in [2.05, 4.69) is 10.4 Å². The Labute approximate surface area is 159 Å². The number of allylic oxidation sites excluding steroid dienone is 1. The molecule has 0 aliphatic rings. The predicted octanol–water partition coefficient (Wildman–Crippen LogP) is 5.23. The summed E-state index contributed by atoms with van der Waals surface area (Å²) in [5.74, 6) is 0. The van der Waals surface area contributed by atoms with E-state index in [1.165, 1.54) is 23.3 Å². The van der Waals surface area contributed by atoms with Crippen LogP contribution in [0.3, 0.4) is 0 Å². The molecular weight excluding hydrogens is 360 g/mol. The Morgan fingerprint density at radius 3 is 2.08 bits per heavy atom. The molecule has 0 saturated carbocycles. The standard InChI is InChI=1S/C20H10N4S2/c21-11-16(12-22)18(14-7-3-1-4-8-14)25-20-17(13-23)19(26-24-20)15-9-5-2-6-10-15/h1-10H. The van der Waals surface area contributed by atoms with E-state index in [0.717, 1.165) is 16.0 Å². The number of benzene rings is 2. The summed E-state index contributed by atoms with van der Waals surface area (Å²) in [7, 11) is 0. The molecule has 4 nitrogen and oxygen atoms in total. The topological polar surface area (TPSA) is 84.3 Å². The van der Waals surface area contributed by atoms with Gasteiger partial charge in [0.15, 0.2) is 0 Å². The van der Waals surface area contributed by atoms with Gasteiger partial charge in [-0.2, -0.15) is 20.2 Å². The zero-order valence-electron chi connectivity index (χ0n) is 13.4. The second-order valence-electron chi connectivity index (χ2n) is 5.07. The highest BCUT2D eigenvalue weighted by Gasteiger charge is 2.20.